The monoisotopic (exact) mass is 194 g/mol. The predicted molar refractivity (Wildman–Crippen MR) is 58.8 cm³/mol. The van der Waals surface area contributed by atoms with Gasteiger partial charge >= 0.3 is 0 Å². The van der Waals surface area contributed by atoms with Crippen molar-refractivity contribution in [1.82, 2.24) is 5.32 Å². The van der Waals surface area contributed by atoms with Crippen LogP contribution in [0.2, 0.25) is 0 Å². The van der Waals surface area contributed by atoms with Crippen LogP contribution < -0.4 is 5.32 Å². The largest absolute Gasteiger partial charge is 0.312 e. The maximum atomic E-state index is 8.63. The predicted octanol–water partition coefficient (Wildman–Crippen LogP) is 2.70. The minimum absolute atomic E-state index is 0.399. The van der Waals surface area contributed by atoms with Gasteiger partial charge in [-0.15, -0.1) is 0 Å². The Hall–Kier alpha value is -0.550. The molecule has 1 aliphatic rings. The second-order valence-electron chi connectivity index (χ2n) is 4.87. The molecule has 0 aliphatic heterocycles. The normalized spacial score (nSPS) is 20.5. The highest BCUT2D eigenvalue weighted by atomic mass is 14.9. The Morgan fingerprint density at radius 2 is 2.07 bits per heavy atom. The van der Waals surface area contributed by atoms with Gasteiger partial charge in [0.05, 0.1) is 12.5 Å². The lowest BCUT2D eigenvalue weighted by molar-refractivity contribution is 0.317. The van der Waals surface area contributed by atoms with Crippen molar-refractivity contribution in [3.8, 4) is 6.07 Å². The number of nitrogens with one attached hydrogen (secondary N) is 1. The maximum Gasteiger partial charge on any atom is 0.0638 e. The molecule has 1 saturated carbocycles. The number of nitriles is 1. The van der Waals surface area contributed by atoms with E-state index in [0.29, 0.717) is 17.9 Å². The van der Waals surface area contributed by atoms with Crippen molar-refractivity contribution < 1.29 is 0 Å². The fraction of sp³-hybridized carbons (Fsp3) is 0.917. The molecule has 0 spiro atoms. The first-order chi connectivity index (χ1) is 6.64. The van der Waals surface area contributed by atoms with E-state index in [9.17, 15) is 0 Å². The SMILES string of the molecule is CCC(CC#N)NCC1(C(C)C)CC1. The van der Waals surface area contributed by atoms with Gasteiger partial charge in [-0.1, -0.05) is 20.8 Å². The van der Waals surface area contributed by atoms with E-state index in [2.05, 4.69) is 32.2 Å². The van der Waals surface area contributed by atoms with Gasteiger partial charge in [-0.3, -0.25) is 0 Å². The summed E-state index contributed by atoms with van der Waals surface area (Å²) < 4.78 is 0. The Labute approximate surface area is 87.7 Å². The first kappa shape index (κ1) is 11.5. The highest BCUT2D eigenvalue weighted by Gasteiger charge is 2.44. The molecule has 0 saturated heterocycles. The lowest BCUT2D eigenvalue weighted by Crippen LogP contribution is -2.35. The lowest BCUT2D eigenvalue weighted by atomic mass is 9.92. The molecule has 2 heteroatoms. The van der Waals surface area contributed by atoms with Gasteiger partial charge in [0.15, 0.2) is 0 Å². The summed E-state index contributed by atoms with van der Waals surface area (Å²) in [4.78, 5) is 0. The molecule has 0 aromatic heterocycles. The van der Waals surface area contributed by atoms with Crippen LogP contribution in [0, 0.1) is 22.7 Å². The molecule has 0 aromatic rings. The van der Waals surface area contributed by atoms with Gasteiger partial charge in [-0.2, -0.15) is 5.26 Å². The van der Waals surface area contributed by atoms with Crippen LogP contribution in [0.5, 0.6) is 0 Å². The third-order valence-electron chi connectivity index (χ3n) is 3.69. The van der Waals surface area contributed by atoms with E-state index < -0.39 is 0 Å². The third-order valence-corrected chi connectivity index (χ3v) is 3.69. The van der Waals surface area contributed by atoms with E-state index in [1.807, 2.05) is 0 Å². The molecule has 0 aromatic carbocycles. The average Bonchev–Trinajstić information content (AvgIpc) is 2.93. The second-order valence-corrected chi connectivity index (χ2v) is 4.87. The van der Waals surface area contributed by atoms with Gasteiger partial charge in [0.1, 0.15) is 0 Å². The molecule has 0 heterocycles. The molecule has 1 unspecified atom stereocenters. The average molecular weight is 194 g/mol. The van der Waals surface area contributed by atoms with Gasteiger partial charge < -0.3 is 5.32 Å². The van der Waals surface area contributed by atoms with Crippen molar-refractivity contribution in [3.05, 3.63) is 0 Å². The van der Waals surface area contributed by atoms with Crippen molar-refractivity contribution in [2.45, 2.75) is 52.5 Å². The second kappa shape index (κ2) is 4.79. The maximum absolute atomic E-state index is 8.63. The zero-order chi connectivity index (χ0) is 10.6. The Balaban J connectivity index is 2.29. The number of nitrogens with zero attached hydrogens (tertiary/aromatic N) is 1. The van der Waals surface area contributed by atoms with E-state index in [1.165, 1.54) is 12.8 Å². The summed E-state index contributed by atoms with van der Waals surface area (Å²) in [5, 5.41) is 12.2. The van der Waals surface area contributed by atoms with E-state index in [4.69, 9.17) is 5.26 Å². The summed E-state index contributed by atoms with van der Waals surface area (Å²) in [6.07, 6.45) is 4.42. The fourth-order valence-corrected chi connectivity index (χ4v) is 1.94. The van der Waals surface area contributed by atoms with E-state index >= 15 is 0 Å². The summed E-state index contributed by atoms with van der Waals surface area (Å²) in [7, 11) is 0. The minimum Gasteiger partial charge on any atom is -0.312 e. The molecule has 1 aliphatic carbocycles. The zero-order valence-corrected chi connectivity index (χ0v) is 9.64. The molecule has 80 valence electrons. The summed E-state index contributed by atoms with van der Waals surface area (Å²) in [6.45, 7) is 7.86. The van der Waals surface area contributed by atoms with E-state index in [0.717, 1.165) is 18.9 Å². The smallest absolute Gasteiger partial charge is 0.0638 e. The molecule has 14 heavy (non-hydrogen) atoms. The van der Waals surface area contributed by atoms with Gasteiger partial charge in [-0.25, -0.2) is 0 Å². The lowest BCUT2D eigenvalue weighted by Gasteiger charge is -2.23. The molecular formula is C12H22N2. The van der Waals surface area contributed by atoms with Crippen molar-refractivity contribution >= 4 is 0 Å². The fourth-order valence-electron chi connectivity index (χ4n) is 1.94. The minimum atomic E-state index is 0.399. The van der Waals surface area contributed by atoms with Crippen LogP contribution in [0.3, 0.4) is 0 Å². The molecule has 1 N–H and O–H groups in total. The summed E-state index contributed by atoms with van der Waals surface area (Å²) in [5.74, 6) is 0.773. The number of rotatable bonds is 6. The van der Waals surface area contributed by atoms with Crippen LogP contribution in [-0.4, -0.2) is 12.6 Å². The first-order valence-corrected chi connectivity index (χ1v) is 5.75. The van der Waals surface area contributed by atoms with Crippen LogP contribution in [-0.2, 0) is 0 Å². The van der Waals surface area contributed by atoms with Crippen molar-refractivity contribution in [2.75, 3.05) is 6.54 Å². The Morgan fingerprint density at radius 1 is 1.43 bits per heavy atom. The standard InChI is InChI=1S/C12H22N2/c1-4-11(5-8-13)14-9-12(6-7-12)10(2)3/h10-11,14H,4-7,9H2,1-3H3. The Bertz CT molecular complexity index is 211. The highest BCUT2D eigenvalue weighted by molar-refractivity contribution is 4.98. The van der Waals surface area contributed by atoms with Crippen LogP contribution >= 0.6 is 0 Å². The van der Waals surface area contributed by atoms with Crippen LogP contribution in [0.4, 0.5) is 0 Å². The molecule has 2 nitrogen and oxygen atoms in total. The summed E-state index contributed by atoms with van der Waals surface area (Å²) in [6, 6.07) is 2.64. The molecule has 1 atom stereocenters. The molecule has 1 fully saturated rings. The quantitative estimate of drug-likeness (QED) is 0.705. The highest BCUT2D eigenvalue weighted by Crippen LogP contribution is 2.51. The van der Waals surface area contributed by atoms with Crippen molar-refractivity contribution in [2.24, 2.45) is 11.3 Å². The first-order valence-electron chi connectivity index (χ1n) is 5.75. The van der Waals surface area contributed by atoms with Gasteiger partial charge in [-0.05, 0) is 30.6 Å². The van der Waals surface area contributed by atoms with Gasteiger partial charge in [0.2, 0.25) is 0 Å². The van der Waals surface area contributed by atoms with Crippen molar-refractivity contribution in [3.63, 3.8) is 0 Å². The van der Waals surface area contributed by atoms with Gasteiger partial charge in [0, 0.05) is 12.6 Å². The third kappa shape index (κ3) is 2.72. The summed E-state index contributed by atoms with van der Waals surface area (Å²) >= 11 is 0. The number of hydrogen-bond acceptors (Lipinski definition) is 2. The van der Waals surface area contributed by atoms with Crippen molar-refractivity contribution in [1.29, 1.82) is 5.26 Å². The van der Waals surface area contributed by atoms with Crippen LogP contribution in [0.15, 0.2) is 0 Å². The zero-order valence-electron chi connectivity index (χ0n) is 9.64. The topological polar surface area (TPSA) is 35.8 Å². The Kier molecular flexibility index (Phi) is 3.95. The Morgan fingerprint density at radius 3 is 2.43 bits per heavy atom. The molecule has 0 bridgehead atoms. The van der Waals surface area contributed by atoms with Crippen LogP contribution in [0.25, 0.3) is 0 Å². The van der Waals surface area contributed by atoms with E-state index in [1.54, 1.807) is 0 Å². The molecule has 1 rings (SSSR count). The molecular weight excluding hydrogens is 172 g/mol. The summed E-state index contributed by atoms with van der Waals surface area (Å²) in [5.41, 5.74) is 0.558. The molecule has 0 radical (unpaired) electrons. The molecule has 0 amide bonds. The number of hydrogen-bond donors (Lipinski definition) is 1. The van der Waals surface area contributed by atoms with Gasteiger partial charge in [0.25, 0.3) is 0 Å². The van der Waals surface area contributed by atoms with Crippen LogP contribution in [0.1, 0.15) is 46.5 Å². The van der Waals surface area contributed by atoms with E-state index in [-0.39, 0.29) is 0 Å².